The number of carbonyl (C=O) groups is 1. The number of aliphatic carboxylic acids is 1. The number of nitrogens with zero attached hydrogens (tertiary/aromatic N) is 1. The SMILES string of the molecule is CCC1=CCN(CCC(=O)O)CC1. The molecule has 3 heteroatoms. The average molecular weight is 183 g/mol. The van der Waals surface area contributed by atoms with Crippen molar-refractivity contribution >= 4 is 5.97 Å². The Kier molecular flexibility index (Phi) is 3.96. The summed E-state index contributed by atoms with van der Waals surface area (Å²) in [5.41, 5.74) is 1.51. The van der Waals surface area contributed by atoms with Crippen LogP contribution in [0.2, 0.25) is 0 Å². The molecule has 1 aliphatic heterocycles. The molecular formula is C10H17NO2. The molecule has 0 saturated heterocycles. The van der Waals surface area contributed by atoms with E-state index in [0.29, 0.717) is 6.54 Å². The summed E-state index contributed by atoms with van der Waals surface area (Å²) in [7, 11) is 0. The monoisotopic (exact) mass is 183 g/mol. The topological polar surface area (TPSA) is 40.5 Å². The lowest BCUT2D eigenvalue weighted by molar-refractivity contribution is -0.137. The van der Waals surface area contributed by atoms with Gasteiger partial charge in [-0.2, -0.15) is 0 Å². The normalized spacial score (nSPS) is 18.4. The Morgan fingerprint density at radius 3 is 2.92 bits per heavy atom. The fourth-order valence-electron chi connectivity index (χ4n) is 1.53. The van der Waals surface area contributed by atoms with E-state index in [1.54, 1.807) is 0 Å². The van der Waals surface area contributed by atoms with E-state index in [1.165, 1.54) is 5.57 Å². The number of hydrogen-bond donors (Lipinski definition) is 1. The molecule has 1 heterocycles. The number of carboxylic acid groups (broad SMARTS) is 1. The van der Waals surface area contributed by atoms with Crippen LogP contribution >= 0.6 is 0 Å². The number of rotatable bonds is 4. The highest BCUT2D eigenvalue weighted by molar-refractivity contribution is 5.66. The zero-order valence-corrected chi connectivity index (χ0v) is 8.12. The van der Waals surface area contributed by atoms with Gasteiger partial charge in [0.25, 0.3) is 0 Å². The molecule has 3 nitrogen and oxygen atoms in total. The minimum absolute atomic E-state index is 0.259. The quantitative estimate of drug-likeness (QED) is 0.671. The predicted octanol–water partition coefficient (Wildman–Crippen LogP) is 1.50. The first-order valence-electron chi connectivity index (χ1n) is 4.84. The first kappa shape index (κ1) is 10.3. The molecule has 1 rings (SSSR count). The number of carboxylic acids is 1. The van der Waals surface area contributed by atoms with Crippen molar-refractivity contribution in [3.05, 3.63) is 11.6 Å². The van der Waals surface area contributed by atoms with E-state index < -0.39 is 5.97 Å². The summed E-state index contributed by atoms with van der Waals surface area (Å²) in [6.07, 6.45) is 4.73. The summed E-state index contributed by atoms with van der Waals surface area (Å²) in [4.78, 5) is 12.5. The smallest absolute Gasteiger partial charge is 0.304 e. The molecule has 0 atom stereocenters. The van der Waals surface area contributed by atoms with E-state index in [1.807, 2.05) is 0 Å². The Morgan fingerprint density at radius 1 is 1.69 bits per heavy atom. The third-order valence-corrected chi connectivity index (χ3v) is 2.48. The van der Waals surface area contributed by atoms with Gasteiger partial charge in [0.15, 0.2) is 0 Å². The van der Waals surface area contributed by atoms with Gasteiger partial charge in [0.1, 0.15) is 0 Å². The van der Waals surface area contributed by atoms with Crippen molar-refractivity contribution in [3.63, 3.8) is 0 Å². The zero-order chi connectivity index (χ0) is 9.68. The maximum absolute atomic E-state index is 10.3. The Hall–Kier alpha value is -0.830. The van der Waals surface area contributed by atoms with Crippen molar-refractivity contribution < 1.29 is 9.90 Å². The van der Waals surface area contributed by atoms with Gasteiger partial charge in [0.2, 0.25) is 0 Å². The first-order valence-corrected chi connectivity index (χ1v) is 4.84. The molecule has 0 radical (unpaired) electrons. The highest BCUT2D eigenvalue weighted by atomic mass is 16.4. The van der Waals surface area contributed by atoms with Crippen LogP contribution in [-0.2, 0) is 4.79 Å². The van der Waals surface area contributed by atoms with Gasteiger partial charge in [-0.15, -0.1) is 0 Å². The van der Waals surface area contributed by atoms with Crippen LogP contribution in [0.15, 0.2) is 11.6 Å². The molecular weight excluding hydrogens is 166 g/mol. The molecule has 0 unspecified atom stereocenters. The van der Waals surface area contributed by atoms with Gasteiger partial charge in [0.05, 0.1) is 6.42 Å². The second-order valence-corrected chi connectivity index (χ2v) is 3.41. The van der Waals surface area contributed by atoms with Crippen LogP contribution in [0.1, 0.15) is 26.2 Å². The van der Waals surface area contributed by atoms with Crippen LogP contribution < -0.4 is 0 Å². The Labute approximate surface area is 79.0 Å². The van der Waals surface area contributed by atoms with E-state index >= 15 is 0 Å². The van der Waals surface area contributed by atoms with E-state index in [4.69, 9.17) is 5.11 Å². The van der Waals surface area contributed by atoms with Gasteiger partial charge in [-0.1, -0.05) is 18.6 Å². The van der Waals surface area contributed by atoms with Crippen LogP contribution in [0.4, 0.5) is 0 Å². The predicted molar refractivity (Wildman–Crippen MR) is 51.7 cm³/mol. The minimum atomic E-state index is -0.703. The van der Waals surface area contributed by atoms with Crippen molar-refractivity contribution in [1.29, 1.82) is 0 Å². The van der Waals surface area contributed by atoms with Crippen LogP contribution in [0.5, 0.6) is 0 Å². The van der Waals surface area contributed by atoms with Gasteiger partial charge in [-0.25, -0.2) is 0 Å². The standard InChI is InChI=1S/C10H17NO2/c1-2-9-3-6-11(7-4-9)8-5-10(12)13/h3H,2,4-8H2,1H3,(H,12,13). The molecule has 0 aromatic rings. The lowest BCUT2D eigenvalue weighted by Gasteiger charge is -2.25. The molecule has 0 amide bonds. The molecule has 0 spiro atoms. The second kappa shape index (κ2) is 5.02. The van der Waals surface area contributed by atoms with Crippen molar-refractivity contribution in [2.75, 3.05) is 19.6 Å². The van der Waals surface area contributed by atoms with E-state index in [9.17, 15) is 4.79 Å². The summed E-state index contributed by atoms with van der Waals surface area (Å²) in [5.74, 6) is -0.703. The summed E-state index contributed by atoms with van der Waals surface area (Å²) in [6, 6.07) is 0. The van der Waals surface area contributed by atoms with Gasteiger partial charge >= 0.3 is 5.97 Å². The molecule has 1 aliphatic rings. The van der Waals surface area contributed by atoms with E-state index in [-0.39, 0.29) is 6.42 Å². The van der Waals surface area contributed by atoms with Crippen LogP contribution in [0, 0.1) is 0 Å². The lowest BCUT2D eigenvalue weighted by Crippen LogP contribution is -2.30. The second-order valence-electron chi connectivity index (χ2n) is 3.41. The first-order chi connectivity index (χ1) is 6.22. The Balaban J connectivity index is 2.25. The van der Waals surface area contributed by atoms with Gasteiger partial charge in [-0.05, 0) is 12.8 Å². The zero-order valence-electron chi connectivity index (χ0n) is 8.12. The maximum atomic E-state index is 10.3. The molecule has 1 N–H and O–H groups in total. The molecule has 0 aromatic carbocycles. The fourth-order valence-corrected chi connectivity index (χ4v) is 1.53. The Bertz CT molecular complexity index is 211. The summed E-state index contributed by atoms with van der Waals surface area (Å²) < 4.78 is 0. The molecule has 0 fully saturated rings. The molecule has 74 valence electrons. The minimum Gasteiger partial charge on any atom is -0.481 e. The summed E-state index contributed by atoms with van der Waals surface area (Å²) in [6.45, 7) is 4.80. The molecule has 0 aliphatic carbocycles. The van der Waals surface area contributed by atoms with Crippen molar-refractivity contribution in [3.8, 4) is 0 Å². The van der Waals surface area contributed by atoms with E-state index in [0.717, 1.165) is 25.9 Å². The lowest BCUT2D eigenvalue weighted by atomic mass is 10.1. The molecule has 0 aromatic heterocycles. The maximum Gasteiger partial charge on any atom is 0.304 e. The molecule has 0 saturated carbocycles. The fraction of sp³-hybridized carbons (Fsp3) is 0.700. The van der Waals surface area contributed by atoms with Gasteiger partial charge < -0.3 is 5.11 Å². The molecule has 13 heavy (non-hydrogen) atoms. The van der Waals surface area contributed by atoms with Crippen LogP contribution in [0.25, 0.3) is 0 Å². The average Bonchev–Trinajstić information content (AvgIpc) is 2.15. The van der Waals surface area contributed by atoms with Crippen molar-refractivity contribution in [2.24, 2.45) is 0 Å². The highest BCUT2D eigenvalue weighted by Crippen LogP contribution is 2.13. The van der Waals surface area contributed by atoms with E-state index in [2.05, 4.69) is 17.9 Å². The van der Waals surface area contributed by atoms with Crippen molar-refractivity contribution in [1.82, 2.24) is 4.90 Å². The highest BCUT2D eigenvalue weighted by Gasteiger charge is 2.11. The van der Waals surface area contributed by atoms with Crippen molar-refractivity contribution in [2.45, 2.75) is 26.2 Å². The van der Waals surface area contributed by atoms with Gasteiger partial charge in [-0.3, -0.25) is 9.69 Å². The molecule has 0 bridgehead atoms. The van der Waals surface area contributed by atoms with Gasteiger partial charge in [0, 0.05) is 19.6 Å². The largest absolute Gasteiger partial charge is 0.481 e. The number of hydrogen-bond acceptors (Lipinski definition) is 2. The van der Waals surface area contributed by atoms with Crippen LogP contribution in [0.3, 0.4) is 0 Å². The summed E-state index contributed by atoms with van der Waals surface area (Å²) in [5, 5.41) is 8.50. The van der Waals surface area contributed by atoms with Crippen LogP contribution in [-0.4, -0.2) is 35.6 Å². The summed E-state index contributed by atoms with van der Waals surface area (Å²) >= 11 is 0. The third-order valence-electron chi connectivity index (χ3n) is 2.48. The Morgan fingerprint density at radius 2 is 2.46 bits per heavy atom. The third kappa shape index (κ3) is 3.59.